The summed E-state index contributed by atoms with van der Waals surface area (Å²) in [7, 11) is 0. The molecule has 2 heteroatoms. The van der Waals surface area contributed by atoms with Gasteiger partial charge in [0.1, 0.15) is 0 Å². The standard InChI is InChI=1S/C18H30O2/c1-14(2)18(19-10-5-11-20-18)9-4-3-6-16-12-15-7-8-17(16)13-15/h7-8,14-17H,3-6,9-13H2,1-2H3. The number of unbranched alkanes of at least 4 members (excludes halogenated alkanes) is 1. The Balaban J connectivity index is 1.41. The van der Waals surface area contributed by atoms with Gasteiger partial charge in [-0.2, -0.15) is 0 Å². The van der Waals surface area contributed by atoms with Gasteiger partial charge in [-0.1, -0.05) is 32.4 Å². The minimum atomic E-state index is -0.285. The van der Waals surface area contributed by atoms with Gasteiger partial charge in [0.05, 0.1) is 13.2 Å². The van der Waals surface area contributed by atoms with E-state index in [1.807, 2.05) is 0 Å². The van der Waals surface area contributed by atoms with Gasteiger partial charge in [0.15, 0.2) is 5.79 Å². The van der Waals surface area contributed by atoms with Crippen molar-refractivity contribution in [1.29, 1.82) is 0 Å². The summed E-state index contributed by atoms with van der Waals surface area (Å²) in [5.41, 5.74) is 0. The van der Waals surface area contributed by atoms with Gasteiger partial charge in [0.25, 0.3) is 0 Å². The monoisotopic (exact) mass is 278 g/mol. The Morgan fingerprint density at radius 2 is 1.90 bits per heavy atom. The number of hydrogen-bond acceptors (Lipinski definition) is 2. The highest BCUT2D eigenvalue weighted by atomic mass is 16.7. The van der Waals surface area contributed by atoms with Gasteiger partial charge < -0.3 is 9.47 Å². The van der Waals surface area contributed by atoms with Crippen LogP contribution in [0.15, 0.2) is 12.2 Å². The quantitative estimate of drug-likeness (QED) is 0.524. The van der Waals surface area contributed by atoms with Crippen molar-refractivity contribution in [2.75, 3.05) is 13.2 Å². The molecule has 0 amide bonds. The highest BCUT2D eigenvalue weighted by Gasteiger charge is 2.38. The summed E-state index contributed by atoms with van der Waals surface area (Å²) in [6.07, 6.45) is 13.9. The molecule has 2 nitrogen and oxygen atoms in total. The molecule has 3 unspecified atom stereocenters. The third-order valence-electron chi connectivity index (χ3n) is 5.63. The van der Waals surface area contributed by atoms with Crippen LogP contribution in [0.5, 0.6) is 0 Å². The van der Waals surface area contributed by atoms with Crippen molar-refractivity contribution in [3.63, 3.8) is 0 Å². The highest BCUT2D eigenvalue weighted by molar-refractivity contribution is 5.09. The van der Waals surface area contributed by atoms with Crippen LogP contribution in [0.4, 0.5) is 0 Å². The minimum Gasteiger partial charge on any atom is -0.350 e. The Morgan fingerprint density at radius 3 is 2.50 bits per heavy atom. The van der Waals surface area contributed by atoms with Gasteiger partial charge in [-0.15, -0.1) is 0 Å². The second-order valence-corrected chi connectivity index (χ2v) is 7.30. The predicted octanol–water partition coefficient (Wildman–Crippen LogP) is 4.55. The van der Waals surface area contributed by atoms with Crippen molar-refractivity contribution < 1.29 is 9.47 Å². The van der Waals surface area contributed by atoms with Crippen LogP contribution in [0.25, 0.3) is 0 Å². The van der Waals surface area contributed by atoms with Gasteiger partial charge in [0.2, 0.25) is 0 Å². The number of allylic oxidation sites excluding steroid dienone is 2. The van der Waals surface area contributed by atoms with E-state index in [1.165, 1.54) is 32.1 Å². The maximum Gasteiger partial charge on any atom is 0.170 e. The van der Waals surface area contributed by atoms with Crippen LogP contribution < -0.4 is 0 Å². The van der Waals surface area contributed by atoms with Crippen molar-refractivity contribution in [3.05, 3.63) is 12.2 Å². The fourth-order valence-corrected chi connectivity index (χ4v) is 4.36. The minimum absolute atomic E-state index is 0.285. The molecular formula is C18H30O2. The summed E-state index contributed by atoms with van der Waals surface area (Å²) in [6.45, 7) is 6.20. The largest absolute Gasteiger partial charge is 0.350 e. The molecule has 2 bridgehead atoms. The van der Waals surface area contributed by atoms with Crippen molar-refractivity contribution in [2.45, 2.75) is 64.6 Å². The van der Waals surface area contributed by atoms with Gasteiger partial charge in [-0.05, 0) is 49.9 Å². The van der Waals surface area contributed by atoms with Crippen LogP contribution in [-0.2, 0) is 9.47 Å². The zero-order valence-electron chi connectivity index (χ0n) is 13.1. The fourth-order valence-electron chi connectivity index (χ4n) is 4.36. The Morgan fingerprint density at radius 1 is 1.10 bits per heavy atom. The lowest BCUT2D eigenvalue weighted by molar-refractivity contribution is -0.292. The molecule has 114 valence electrons. The average Bonchev–Trinajstić information content (AvgIpc) is 3.07. The SMILES string of the molecule is CC(C)C1(CCCCC2CC3C=CC2C3)OCCCO1. The molecule has 0 aromatic heterocycles. The molecule has 0 aromatic rings. The number of fused-ring (bicyclic) bond motifs is 2. The molecule has 3 aliphatic rings. The molecule has 1 saturated heterocycles. The molecule has 0 radical (unpaired) electrons. The Bertz CT molecular complexity index is 341. The molecule has 1 heterocycles. The third-order valence-corrected chi connectivity index (χ3v) is 5.63. The van der Waals surface area contributed by atoms with E-state index in [0.717, 1.165) is 43.8 Å². The lowest BCUT2D eigenvalue weighted by Gasteiger charge is -2.40. The topological polar surface area (TPSA) is 18.5 Å². The normalized spacial score (nSPS) is 35.0. The second-order valence-electron chi connectivity index (χ2n) is 7.30. The van der Waals surface area contributed by atoms with Gasteiger partial charge in [-0.25, -0.2) is 0 Å². The van der Waals surface area contributed by atoms with E-state index in [4.69, 9.17) is 9.47 Å². The first-order chi connectivity index (χ1) is 9.70. The Labute approximate surface area is 123 Å². The van der Waals surface area contributed by atoms with Crippen LogP contribution in [-0.4, -0.2) is 19.0 Å². The summed E-state index contributed by atoms with van der Waals surface area (Å²) in [5, 5.41) is 0. The third kappa shape index (κ3) is 2.96. The van der Waals surface area contributed by atoms with Crippen molar-refractivity contribution in [2.24, 2.45) is 23.7 Å². The van der Waals surface area contributed by atoms with E-state index >= 15 is 0 Å². The molecule has 2 fully saturated rings. The summed E-state index contributed by atoms with van der Waals surface area (Å²) >= 11 is 0. The van der Waals surface area contributed by atoms with Crippen molar-refractivity contribution in [3.8, 4) is 0 Å². The first-order valence-corrected chi connectivity index (χ1v) is 8.66. The first kappa shape index (κ1) is 14.6. The zero-order chi connectivity index (χ0) is 14.0. The number of rotatable bonds is 6. The number of ether oxygens (including phenoxy) is 2. The molecule has 0 aromatic carbocycles. The molecule has 20 heavy (non-hydrogen) atoms. The Hall–Kier alpha value is -0.340. The second kappa shape index (κ2) is 6.19. The zero-order valence-corrected chi connectivity index (χ0v) is 13.1. The van der Waals surface area contributed by atoms with Crippen LogP contribution in [0.3, 0.4) is 0 Å². The van der Waals surface area contributed by atoms with E-state index in [9.17, 15) is 0 Å². The van der Waals surface area contributed by atoms with E-state index in [1.54, 1.807) is 0 Å². The molecule has 0 spiro atoms. The summed E-state index contributed by atoms with van der Waals surface area (Å²) in [6, 6.07) is 0. The van der Waals surface area contributed by atoms with Gasteiger partial charge in [0, 0.05) is 12.3 Å². The molecule has 3 rings (SSSR count). The van der Waals surface area contributed by atoms with E-state index < -0.39 is 0 Å². The summed E-state index contributed by atoms with van der Waals surface area (Å²) in [4.78, 5) is 0. The lowest BCUT2D eigenvalue weighted by Crippen LogP contribution is -2.45. The van der Waals surface area contributed by atoms with E-state index in [2.05, 4.69) is 26.0 Å². The molecular weight excluding hydrogens is 248 g/mol. The van der Waals surface area contributed by atoms with Gasteiger partial charge >= 0.3 is 0 Å². The van der Waals surface area contributed by atoms with E-state index in [-0.39, 0.29) is 5.79 Å². The predicted molar refractivity (Wildman–Crippen MR) is 81.4 cm³/mol. The molecule has 0 N–H and O–H groups in total. The van der Waals surface area contributed by atoms with Gasteiger partial charge in [-0.3, -0.25) is 0 Å². The van der Waals surface area contributed by atoms with Crippen LogP contribution >= 0.6 is 0 Å². The molecule has 1 aliphatic heterocycles. The van der Waals surface area contributed by atoms with Crippen LogP contribution in [0.1, 0.15) is 58.8 Å². The fraction of sp³-hybridized carbons (Fsp3) is 0.889. The molecule has 2 aliphatic carbocycles. The van der Waals surface area contributed by atoms with Crippen LogP contribution in [0.2, 0.25) is 0 Å². The van der Waals surface area contributed by atoms with Crippen molar-refractivity contribution >= 4 is 0 Å². The first-order valence-electron chi connectivity index (χ1n) is 8.66. The highest BCUT2D eigenvalue weighted by Crippen LogP contribution is 2.45. The maximum absolute atomic E-state index is 6.02. The van der Waals surface area contributed by atoms with Crippen molar-refractivity contribution in [1.82, 2.24) is 0 Å². The summed E-state index contributed by atoms with van der Waals surface area (Å²) < 4.78 is 12.0. The smallest absolute Gasteiger partial charge is 0.170 e. The number of hydrogen-bond donors (Lipinski definition) is 0. The Kier molecular flexibility index (Phi) is 4.52. The molecule has 1 saturated carbocycles. The average molecular weight is 278 g/mol. The van der Waals surface area contributed by atoms with Crippen LogP contribution in [0, 0.1) is 23.7 Å². The molecule has 3 atom stereocenters. The lowest BCUT2D eigenvalue weighted by atomic mass is 9.87. The van der Waals surface area contributed by atoms with E-state index in [0.29, 0.717) is 5.92 Å². The summed E-state index contributed by atoms with van der Waals surface area (Å²) in [5.74, 6) is 2.95. The maximum atomic E-state index is 6.02.